The van der Waals surface area contributed by atoms with E-state index in [1.807, 2.05) is 37.3 Å². The van der Waals surface area contributed by atoms with Crippen LogP contribution in [-0.4, -0.2) is 38.0 Å². The molecule has 0 unspecified atom stereocenters. The molecule has 0 atom stereocenters. The predicted molar refractivity (Wildman–Crippen MR) is 111 cm³/mol. The highest BCUT2D eigenvalue weighted by molar-refractivity contribution is 7.80. The molecule has 1 heterocycles. The molecular weight excluding hydrogens is 368 g/mol. The van der Waals surface area contributed by atoms with Gasteiger partial charge in [-0.3, -0.25) is 0 Å². The van der Waals surface area contributed by atoms with Gasteiger partial charge in [0, 0.05) is 30.7 Å². The SMILES string of the molecule is CCOC(=O)c1c(NC(=S)NCCCOC)sc(C)c1-c1ccccc1. The third-order valence-corrected chi connectivity index (χ3v) is 4.93. The summed E-state index contributed by atoms with van der Waals surface area (Å²) in [5.74, 6) is -0.347. The number of aryl methyl sites for hydroxylation is 1. The number of hydrogen-bond acceptors (Lipinski definition) is 5. The first kappa shape index (κ1) is 20.4. The highest BCUT2D eigenvalue weighted by atomic mass is 32.1. The molecule has 5 nitrogen and oxygen atoms in total. The van der Waals surface area contributed by atoms with E-state index >= 15 is 0 Å². The molecule has 140 valence electrons. The van der Waals surface area contributed by atoms with Gasteiger partial charge in [0.25, 0.3) is 0 Å². The largest absolute Gasteiger partial charge is 0.462 e. The second kappa shape index (κ2) is 10.3. The van der Waals surface area contributed by atoms with Crippen molar-refractivity contribution in [3.8, 4) is 11.1 Å². The van der Waals surface area contributed by atoms with Crippen molar-refractivity contribution in [2.24, 2.45) is 0 Å². The van der Waals surface area contributed by atoms with Gasteiger partial charge < -0.3 is 20.1 Å². The van der Waals surface area contributed by atoms with Crippen LogP contribution < -0.4 is 10.6 Å². The van der Waals surface area contributed by atoms with Crippen molar-refractivity contribution in [1.82, 2.24) is 5.32 Å². The summed E-state index contributed by atoms with van der Waals surface area (Å²) in [6, 6.07) is 9.84. The van der Waals surface area contributed by atoms with Gasteiger partial charge in [0.15, 0.2) is 5.11 Å². The summed E-state index contributed by atoms with van der Waals surface area (Å²) in [6.45, 7) is 5.48. The summed E-state index contributed by atoms with van der Waals surface area (Å²) in [5, 5.41) is 7.46. The van der Waals surface area contributed by atoms with Gasteiger partial charge >= 0.3 is 5.97 Å². The van der Waals surface area contributed by atoms with Crippen molar-refractivity contribution in [3.63, 3.8) is 0 Å². The van der Waals surface area contributed by atoms with Crippen molar-refractivity contribution >= 4 is 39.6 Å². The van der Waals surface area contributed by atoms with Crippen LogP contribution >= 0.6 is 23.6 Å². The van der Waals surface area contributed by atoms with E-state index in [1.54, 1.807) is 14.0 Å². The predicted octanol–water partition coefficient (Wildman–Crippen LogP) is 4.22. The van der Waals surface area contributed by atoms with Gasteiger partial charge in [-0.1, -0.05) is 30.3 Å². The van der Waals surface area contributed by atoms with Crippen LogP contribution in [0.15, 0.2) is 30.3 Å². The first-order chi connectivity index (χ1) is 12.6. The molecule has 1 aromatic carbocycles. The smallest absolute Gasteiger partial charge is 0.341 e. The molecule has 0 bridgehead atoms. The van der Waals surface area contributed by atoms with Gasteiger partial charge in [0.2, 0.25) is 0 Å². The Balaban J connectivity index is 2.28. The van der Waals surface area contributed by atoms with Crippen molar-refractivity contribution in [1.29, 1.82) is 0 Å². The number of thiophene rings is 1. The number of carbonyl (C=O) groups is 1. The minimum absolute atomic E-state index is 0.321. The van der Waals surface area contributed by atoms with Gasteiger partial charge in [-0.25, -0.2) is 4.79 Å². The summed E-state index contributed by atoms with van der Waals surface area (Å²) in [5.41, 5.74) is 2.40. The molecule has 2 aromatic rings. The van der Waals surface area contributed by atoms with E-state index < -0.39 is 0 Å². The Bertz CT molecular complexity index is 745. The molecule has 0 aliphatic rings. The minimum Gasteiger partial charge on any atom is -0.462 e. The average molecular weight is 393 g/mol. The van der Waals surface area contributed by atoms with E-state index in [0.717, 1.165) is 22.4 Å². The molecule has 2 N–H and O–H groups in total. The number of rotatable bonds is 8. The maximum absolute atomic E-state index is 12.6. The van der Waals surface area contributed by atoms with Gasteiger partial charge in [0.1, 0.15) is 10.6 Å². The Morgan fingerprint density at radius 1 is 1.27 bits per heavy atom. The molecule has 0 radical (unpaired) electrons. The van der Waals surface area contributed by atoms with Gasteiger partial charge in [-0.15, -0.1) is 11.3 Å². The molecule has 0 fully saturated rings. The van der Waals surface area contributed by atoms with Crippen molar-refractivity contribution < 1.29 is 14.3 Å². The summed E-state index contributed by atoms with van der Waals surface area (Å²) < 4.78 is 10.3. The number of methoxy groups -OCH3 is 1. The Kier molecular flexibility index (Phi) is 8.03. The number of nitrogens with one attached hydrogen (secondary N) is 2. The highest BCUT2D eigenvalue weighted by Crippen LogP contribution is 2.40. The van der Waals surface area contributed by atoms with Crippen LogP contribution in [0.1, 0.15) is 28.6 Å². The third-order valence-electron chi connectivity index (χ3n) is 3.66. The molecule has 7 heteroatoms. The summed E-state index contributed by atoms with van der Waals surface area (Å²) >= 11 is 6.86. The first-order valence-electron chi connectivity index (χ1n) is 8.48. The fourth-order valence-electron chi connectivity index (χ4n) is 2.55. The van der Waals surface area contributed by atoms with Crippen LogP contribution in [0, 0.1) is 6.92 Å². The first-order valence-corrected chi connectivity index (χ1v) is 9.70. The molecule has 1 aromatic heterocycles. The minimum atomic E-state index is -0.347. The number of ether oxygens (including phenoxy) is 2. The Morgan fingerprint density at radius 3 is 2.65 bits per heavy atom. The molecule has 0 aliphatic carbocycles. The van der Waals surface area contributed by atoms with Crippen molar-refractivity contribution in [2.75, 3.05) is 32.2 Å². The molecule has 2 rings (SSSR count). The number of carbonyl (C=O) groups excluding carboxylic acids is 1. The lowest BCUT2D eigenvalue weighted by atomic mass is 10.0. The van der Waals surface area contributed by atoms with Gasteiger partial charge in [0.05, 0.1) is 6.61 Å². The van der Waals surface area contributed by atoms with Gasteiger partial charge in [-0.05, 0) is 38.0 Å². The number of hydrogen-bond donors (Lipinski definition) is 2. The number of esters is 1. The lowest BCUT2D eigenvalue weighted by Gasteiger charge is -2.11. The molecule has 0 aliphatic heterocycles. The van der Waals surface area contributed by atoms with E-state index in [9.17, 15) is 4.79 Å². The zero-order valence-electron chi connectivity index (χ0n) is 15.3. The topological polar surface area (TPSA) is 59.6 Å². The molecule has 0 spiro atoms. The van der Waals surface area contributed by atoms with Crippen LogP contribution in [0.25, 0.3) is 11.1 Å². The maximum Gasteiger partial charge on any atom is 0.341 e. The second-order valence-electron chi connectivity index (χ2n) is 5.55. The molecule has 0 saturated heterocycles. The lowest BCUT2D eigenvalue weighted by molar-refractivity contribution is 0.0529. The van der Waals surface area contributed by atoms with E-state index in [4.69, 9.17) is 21.7 Å². The molecule has 0 saturated carbocycles. The standard InChI is InChI=1S/C19H24N2O3S2/c1-4-24-18(22)16-15(14-9-6-5-7-10-14)13(2)26-17(16)21-19(25)20-11-8-12-23-3/h5-7,9-10H,4,8,11-12H2,1-3H3,(H2,20,21,25). The summed E-state index contributed by atoms with van der Waals surface area (Å²) in [7, 11) is 1.67. The summed E-state index contributed by atoms with van der Waals surface area (Å²) in [4.78, 5) is 13.6. The van der Waals surface area contributed by atoms with E-state index in [1.165, 1.54) is 11.3 Å². The van der Waals surface area contributed by atoms with Crippen LogP contribution in [-0.2, 0) is 9.47 Å². The molecule has 26 heavy (non-hydrogen) atoms. The molecular formula is C19H24N2O3S2. The molecule has 0 amide bonds. The van der Waals surface area contributed by atoms with E-state index in [0.29, 0.717) is 35.4 Å². The Hall–Kier alpha value is -1.96. The van der Waals surface area contributed by atoms with Gasteiger partial charge in [-0.2, -0.15) is 0 Å². The number of anilines is 1. The van der Waals surface area contributed by atoms with Crippen molar-refractivity contribution in [2.45, 2.75) is 20.3 Å². The zero-order valence-corrected chi connectivity index (χ0v) is 16.9. The monoisotopic (exact) mass is 392 g/mol. The Morgan fingerprint density at radius 2 is 2.00 bits per heavy atom. The number of benzene rings is 1. The third kappa shape index (κ3) is 5.27. The summed E-state index contributed by atoms with van der Waals surface area (Å²) in [6.07, 6.45) is 0.849. The second-order valence-corrected chi connectivity index (χ2v) is 7.18. The quantitative estimate of drug-likeness (QED) is 0.398. The maximum atomic E-state index is 12.6. The Labute approximate surface area is 163 Å². The fraction of sp³-hybridized carbons (Fsp3) is 0.368. The fourth-order valence-corrected chi connectivity index (χ4v) is 3.89. The zero-order chi connectivity index (χ0) is 18.9. The van der Waals surface area contributed by atoms with Crippen LogP contribution in [0.4, 0.5) is 5.00 Å². The van der Waals surface area contributed by atoms with E-state index in [2.05, 4.69) is 10.6 Å². The normalized spacial score (nSPS) is 10.4. The number of thiocarbonyl (C=S) groups is 1. The average Bonchev–Trinajstić information content (AvgIpc) is 2.95. The van der Waals surface area contributed by atoms with Crippen LogP contribution in [0.5, 0.6) is 0 Å². The highest BCUT2D eigenvalue weighted by Gasteiger charge is 2.24. The van der Waals surface area contributed by atoms with Crippen LogP contribution in [0.2, 0.25) is 0 Å². The lowest BCUT2D eigenvalue weighted by Crippen LogP contribution is -2.30. The van der Waals surface area contributed by atoms with E-state index in [-0.39, 0.29) is 5.97 Å². The van der Waals surface area contributed by atoms with Crippen LogP contribution in [0.3, 0.4) is 0 Å². The van der Waals surface area contributed by atoms with Crippen molar-refractivity contribution in [3.05, 3.63) is 40.8 Å².